The summed E-state index contributed by atoms with van der Waals surface area (Å²) in [5, 5.41) is 12.2. The predicted molar refractivity (Wildman–Crippen MR) is 191 cm³/mol. The van der Waals surface area contributed by atoms with Crippen LogP contribution in [0.3, 0.4) is 0 Å². The van der Waals surface area contributed by atoms with Crippen molar-refractivity contribution in [1.82, 2.24) is 4.48 Å². The van der Waals surface area contributed by atoms with Crippen LogP contribution in [0.15, 0.2) is 67.8 Å². The third kappa shape index (κ3) is 14.2. The number of rotatable bonds is 14. The molecule has 0 N–H and O–H groups in total. The molecular weight excluding hydrogens is 1080 g/mol. The Bertz CT molecular complexity index is 2710. The Morgan fingerprint density at radius 2 is 1.27 bits per heavy atom. The van der Waals surface area contributed by atoms with Crippen LogP contribution >= 0.6 is 12.0 Å². The third-order valence-electron chi connectivity index (χ3n) is 10.4. The van der Waals surface area contributed by atoms with Gasteiger partial charge in [-0.15, -0.1) is 0 Å². The summed E-state index contributed by atoms with van der Waals surface area (Å²) in [6, 6.07) is 3.33. The largest absolute Gasteiger partial charge is 1.00 e. The molecule has 2 unspecified atom stereocenters. The van der Waals surface area contributed by atoms with Crippen molar-refractivity contribution >= 4 is 79.7 Å². The summed E-state index contributed by atoms with van der Waals surface area (Å²) in [5.41, 5.74) is -4.39. The van der Waals surface area contributed by atoms with E-state index in [2.05, 4.69) is 9.37 Å². The number of allylic oxidation sites excluding steroid dienone is 4. The van der Waals surface area contributed by atoms with Crippen LogP contribution in [-0.2, 0) is 70.8 Å². The second kappa shape index (κ2) is 25.2. The molecule has 0 bridgehead atoms. The van der Waals surface area contributed by atoms with Crippen LogP contribution in [0.5, 0.6) is 0 Å². The molecule has 2 aromatic carbocycles. The maximum Gasteiger partial charge on any atom is 1.00 e. The van der Waals surface area contributed by atoms with E-state index in [1.54, 1.807) is 0 Å². The van der Waals surface area contributed by atoms with Crippen molar-refractivity contribution in [1.29, 1.82) is 0 Å². The molecule has 0 aliphatic carbocycles. The van der Waals surface area contributed by atoms with Gasteiger partial charge in [-0.3, -0.25) is 5.04 Å². The number of nitrogens with zero attached hydrogens (tertiary/aromatic N) is 2. The van der Waals surface area contributed by atoms with Crippen molar-refractivity contribution in [3.8, 4) is 0 Å². The average molecular weight is 1110 g/mol. The first kappa shape index (κ1) is 67.5. The molecule has 31 heteroatoms. The fourth-order valence-corrected chi connectivity index (χ4v) is 13.2. The van der Waals surface area contributed by atoms with E-state index in [-0.39, 0.29) is 323 Å². The Balaban J connectivity index is 0.00000744. The van der Waals surface area contributed by atoms with Crippen LogP contribution in [0.2, 0.25) is 0 Å². The summed E-state index contributed by atoms with van der Waals surface area (Å²) in [6.45, 7) is 5.23. The van der Waals surface area contributed by atoms with Crippen molar-refractivity contribution < 1.29 is 341 Å². The zero-order valence-corrected chi connectivity index (χ0v) is 55.8. The fourth-order valence-electron chi connectivity index (χ4n) is 8.48. The van der Waals surface area contributed by atoms with Crippen LogP contribution in [0, 0.1) is 0 Å². The van der Waals surface area contributed by atoms with E-state index in [1.165, 1.54) is 50.5 Å². The van der Waals surface area contributed by atoms with Crippen LogP contribution in [0.25, 0.3) is 0 Å². The van der Waals surface area contributed by atoms with Gasteiger partial charge < -0.3 is 28.0 Å². The first-order valence-electron chi connectivity index (χ1n) is 16.6. The first-order valence-corrected chi connectivity index (χ1v) is 24.6. The van der Waals surface area contributed by atoms with Gasteiger partial charge in [-0.1, -0.05) is 6.08 Å². The van der Waals surface area contributed by atoms with Crippen LogP contribution in [0.4, 0.5) is 11.4 Å². The number of hydrogen-bond acceptors (Lipinski definition) is 19. The molecule has 20 nitrogen and oxygen atoms in total. The molecule has 5 rings (SSSR count). The molecule has 0 radical (unpaired) electrons. The van der Waals surface area contributed by atoms with Crippen molar-refractivity contribution in [2.24, 2.45) is 0 Å². The normalized spacial score (nSPS) is 21.1. The van der Waals surface area contributed by atoms with Gasteiger partial charge in [0.05, 0.1) is 54.9 Å². The first-order chi connectivity index (χ1) is 25.9. The minimum atomic E-state index is -5.52. The summed E-state index contributed by atoms with van der Waals surface area (Å²) < 4.78 is 191. The van der Waals surface area contributed by atoms with Gasteiger partial charge in [-0.2, -0.15) is 8.91 Å². The molecule has 316 valence electrons. The molecular formula is C31H34K5N2O18S6+. The number of quaternary nitrogens is 1. The van der Waals surface area contributed by atoms with Gasteiger partial charge in [-0.25, -0.2) is 46.6 Å². The van der Waals surface area contributed by atoms with E-state index >= 15 is 0 Å². The summed E-state index contributed by atoms with van der Waals surface area (Å²) in [7, 11) is -26.2. The molecule has 3 aliphatic heterocycles. The van der Waals surface area contributed by atoms with E-state index in [0.29, 0.717) is 24.2 Å². The van der Waals surface area contributed by atoms with Gasteiger partial charge in [0.2, 0.25) is 5.69 Å². The molecule has 0 amide bonds. The molecule has 0 aromatic heterocycles. The Morgan fingerprint density at radius 1 is 0.758 bits per heavy atom. The minimum absolute atomic E-state index is 0. The summed E-state index contributed by atoms with van der Waals surface area (Å²) in [6.07, 6.45) is 3.30. The predicted octanol–water partition coefficient (Wildman–Crippen LogP) is -14.2. The summed E-state index contributed by atoms with van der Waals surface area (Å²) in [4.78, 5) is -2.63. The molecule has 2 aromatic rings. The molecule has 0 saturated carbocycles. The Hall–Kier alpha value is 5.51. The van der Waals surface area contributed by atoms with E-state index in [4.69, 9.17) is 0 Å². The van der Waals surface area contributed by atoms with E-state index in [0.717, 1.165) is 12.1 Å². The fraction of sp³-hybridized carbons (Fsp3) is 0.452. The van der Waals surface area contributed by atoms with Gasteiger partial charge >= 0.3 is 257 Å². The molecule has 62 heavy (non-hydrogen) atoms. The van der Waals surface area contributed by atoms with Crippen molar-refractivity contribution in [3.63, 3.8) is 0 Å². The summed E-state index contributed by atoms with van der Waals surface area (Å²) in [5.74, 6) is -0.764. The van der Waals surface area contributed by atoms with Crippen LogP contribution in [-0.4, -0.2) is 99.4 Å². The molecule has 3 aliphatic rings. The minimum Gasteiger partial charge on any atom is -0.748 e. The molecule has 2 atom stereocenters. The van der Waals surface area contributed by atoms with Crippen LogP contribution < -0.4 is 267 Å². The summed E-state index contributed by atoms with van der Waals surface area (Å²) >= 11 is 0.347. The van der Waals surface area contributed by atoms with E-state index in [1.807, 2.05) is 0 Å². The van der Waals surface area contributed by atoms with Gasteiger partial charge in [0.25, 0.3) is 0 Å². The topological polar surface area (TPSA) is 331 Å². The second-order valence-electron chi connectivity index (χ2n) is 14.5. The zero-order valence-electron chi connectivity index (χ0n) is 35.3. The van der Waals surface area contributed by atoms with E-state index in [9.17, 15) is 70.1 Å². The monoisotopic (exact) mass is 1110 g/mol. The van der Waals surface area contributed by atoms with Crippen molar-refractivity contribution in [2.75, 3.05) is 18.8 Å². The quantitative estimate of drug-likeness (QED) is 0.0248. The number of unbranched alkanes of at least 4 members (excludes halogenated alkanes) is 1. The Kier molecular flexibility index (Phi) is 27.4. The number of hydrogen-bond donors (Lipinski definition) is 0. The smallest absolute Gasteiger partial charge is 0.748 e. The average Bonchev–Trinajstić information content (AvgIpc) is 3.65. The second-order valence-corrected chi connectivity index (χ2v) is 22.3. The van der Waals surface area contributed by atoms with Gasteiger partial charge in [0, 0.05) is 36.7 Å². The molecule has 3 heterocycles. The standard InChI is InChI=1S/C31H38N2O18S6.5K/c1-30(2)23(32(16-5-6-18-53(35,36)37)28-19(52-51-50-34)12-13-20(26(28)30)54(38,39)40)9-7-10-24-31(3,4)27-21(55(41,42)43)14-15-22(56(44,45)46)29(27)33(24)17-8-11-25(33)57(47,48)49;;;;;/h7,9-10,12-15,25H,5-6,8,11,16-18H2,1-4H3,(H4-2,34,35,36,37,38,39,40,41,42,43,44,45,46,47,48,49);;;;;/q;5*+1/p-4/b9-7?,24-10+;;;;;. The van der Waals surface area contributed by atoms with Crippen molar-refractivity contribution in [2.45, 2.75) is 89.2 Å². The Labute approximate surface area is 578 Å². The van der Waals surface area contributed by atoms with Gasteiger partial charge in [-0.05, 0) is 64.5 Å². The molecule has 1 spiro atoms. The van der Waals surface area contributed by atoms with Crippen molar-refractivity contribution in [3.05, 3.63) is 59.3 Å². The van der Waals surface area contributed by atoms with Gasteiger partial charge in [0.15, 0.2) is 26.9 Å². The maximum absolute atomic E-state index is 12.9. The number of fused-ring (bicyclic) bond motifs is 3. The maximum atomic E-state index is 12.9. The SMILES string of the molecule is CC1(C)C(C=C/C=C2\C(C)(C)c3c(S(=O)(=O)[O-])ccc(S(=O)(=O)[O-])c3[N+]23CCCC3S(=O)(=O)[O-])=[N+](CCCCS(=O)(=O)[O-])c2c(SOO[O-])ccc(S(=O)(=O)[O-])c21.[K+].[K+].[K+].[K+].[K+]. The molecule has 1 saturated heterocycles. The van der Waals surface area contributed by atoms with Gasteiger partial charge in [0.1, 0.15) is 52.4 Å². The third-order valence-corrected chi connectivity index (χ3v) is 15.7. The van der Waals surface area contributed by atoms with Crippen LogP contribution in [0.1, 0.15) is 64.5 Å². The van der Waals surface area contributed by atoms with E-state index < -0.39 is 103 Å². The Morgan fingerprint density at radius 3 is 1.77 bits per heavy atom. The zero-order chi connectivity index (χ0) is 42.9. The molecule has 1 fully saturated rings. The number of benzene rings is 2.